The van der Waals surface area contributed by atoms with Crippen LogP contribution in [0.1, 0.15) is 27.7 Å². The minimum Gasteiger partial charge on any atom is -0.379 e. The Morgan fingerprint density at radius 3 is 1.54 bits per heavy atom. The highest BCUT2D eigenvalue weighted by molar-refractivity contribution is 5.98. The summed E-state index contributed by atoms with van der Waals surface area (Å²) in [5, 5.41) is 2.14. The molecule has 1 rings (SSSR count). The second-order valence-corrected chi connectivity index (χ2v) is 5.93. The number of nitrogens with one attached hydrogen (secondary N) is 1. The van der Waals surface area contributed by atoms with Gasteiger partial charge in [0.15, 0.2) is 33.8 Å². The lowest BCUT2D eigenvalue weighted by atomic mass is 10.2. The van der Waals surface area contributed by atoms with Crippen molar-refractivity contribution >= 4 is 16.2 Å². The van der Waals surface area contributed by atoms with Crippen molar-refractivity contribution < 1.29 is 35.9 Å². The topological polar surface area (TPSA) is 39.7 Å². The van der Waals surface area contributed by atoms with Crippen molar-refractivity contribution in [3.05, 3.63) is 29.1 Å². The maximum absolute atomic E-state index is 13.7. The number of hydrogen-bond donors (Lipinski definition) is 1. The van der Waals surface area contributed by atoms with Crippen LogP contribution in [0.5, 0.6) is 0 Å². The predicted molar refractivity (Wildman–Crippen MR) is 80.9 cm³/mol. The molecule has 1 aromatic carbocycles. The molecule has 138 valence electrons. The number of halogens is 5. The van der Waals surface area contributed by atoms with Gasteiger partial charge in [0.05, 0.1) is 18.8 Å². The van der Waals surface area contributed by atoms with Crippen LogP contribution in [0.15, 0.2) is 0 Å². The third kappa shape index (κ3) is 4.65. The largest absolute Gasteiger partial charge is 0.379 e. The van der Waals surface area contributed by atoms with E-state index in [2.05, 4.69) is 5.32 Å². The molecule has 0 bridgehead atoms. The summed E-state index contributed by atoms with van der Waals surface area (Å²) in [6, 6.07) is 0. The number of rotatable bonds is 8. The van der Waals surface area contributed by atoms with Gasteiger partial charge in [-0.3, -0.25) is 0 Å². The highest BCUT2D eigenvalue weighted by atomic mass is 28.2. The molecule has 1 N–H and O–H groups in total. The van der Waals surface area contributed by atoms with Crippen LogP contribution in [0.2, 0.25) is 0 Å². The first-order valence-corrected chi connectivity index (χ1v) is 8.02. The van der Waals surface area contributed by atoms with Crippen LogP contribution in [0.3, 0.4) is 0 Å². The van der Waals surface area contributed by atoms with Crippen molar-refractivity contribution in [3.63, 3.8) is 0 Å². The molecule has 0 atom stereocenters. The van der Waals surface area contributed by atoms with Crippen LogP contribution >= 0.6 is 0 Å². The van der Waals surface area contributed by atoms with Gasteiger partial charge in [-0.15, -0.1) is 0 Å². The van der Waals surface area contributed by atoms with Gasteiger partial charge in [0, 0.05) is 0 Å². The fraction of sp³-hybridized carbons (Fsp3) is 0.571. The molecule has 0 unspecified atom stereocenters. The number of anilines is 1. The maximum atomic E-state index is 13.7. The van der Waals surface area contributed by atoms with E-state index >= 15 is 0 Å². The quantitative estimate of drug-likeness (QED) is 0.250. The summed E-state index contributed by atoms with van der Waals surface area (Å²) < 4.78 is 83.2. The van der Waals surface area contributed by atoms with Crippen LogP contribution in [0.4, 0.5) is 27.6 Å². The van der Waals surface area contributed by atoms with Crippen molar-refractivity contribution in [2.24, 2.45) is 0 Å². The molecule has 0 aliphatic carbocycles. The standard InChI is InChI=1S/C14H20F5NO3Si/c1-6(2)21-14(23-24,22-7(3)4)5-20-13-11(18)9(16)8(15)10(17)12(13)19/h6-7,20H,5H2,1-4,24H3. The van der Waals surface area contributed by atoms with Gasteiger partial charge in [-0.25, -0.2) is 22.0 Å². The average Bonchev–Trinajstić information content (AvgIpc) is 2.49. The van der Waals surface area contributed by atoms with E-state index in [9.17, 15) is 22.0 Å². The van der Waals surface area contributed by atoms with Gasteiger partial charge in [0.25, 0.3) is 5.97 Å². The summed E-state index contributed by atoms with van der Waals surface area (Å²) in [4.78, 5) is 0. The summed E-state index contributed by atoms with van der Waals surface area (Å²) in [7, 11) is 0.139. The summed E-state index contributed by atoms with van der Waals surface area (Å²) in [6.07, 6.45) is -0.758. The summed E-state index contributed by atoms with van der Waals surface area (Å²) in [5.41, 5.74) is -1.17. The smallest absolute Gasteiger partial charge is 0.291 e. The second kappa shape index (κ2) is 8.23. The lowest BCUT2D eigenvalue weighted by molar-refractivity contribution is -0.357. The van der Waals surface area contributed by atoms with E-state index in [1.165, 1.54) is 0 Å². The molecule has 10 heteroatoms. The molecular formula is C14H20F5NO3Si. The highest BCUT2D eigenvalue weighted by Gasteiger charge is 2.36. The van der Waals surface area contributed by atoms with Crippen molar-refractivity contribution in [3.8, 4) is 0 Å². The van der Waals surface area contributed by atoms with Crippen molar-refractivity contribution in [2.75, 3.05) is 11.9 Å². The fourth-order valence-electron chi connectivity index (χ4n) is 1.95. The zero-order valence-corrected chi connectivity index (χ0v) is 16.0. The molecule has 0 amide bonds. The van der Waals surface area contributed by atoms with Crippen LogP contribution < -0.4 is 5.32 Å². The Morgan fingerprint density at radius 1 is 0.833 bits per heavy atom. The van der Waals surface area contributed by atoms with E-state index in [1.54, 1.807) is 27.7 Å². The van der Waals surface area contributed by atoms with Crippen molar-refractivity contribution in [1.82, 2.24) is 0 Å². The molecule has 0 aromatic heterocycles. The third-order valence-electron chi connectivity index (χ3n) is 2.83. The lowest BCUT2D eigenvalue weighted by Gasteiger charge is -2.36. The third-order valence-corrected chi connectivity index (χ3v) is 3.46. The molecule has 0 aliphatic rings. The maximum Gasteiger partial charge on any atom is 0.291 e. The summed E-state index contributed by atoms with van der Waals surface area (Å²) in [6.45, 7) is 6.23. The van der Waals surface area contributed by atoms with Gasteiger partial charge < -0.3 is 19.2 Å². The van der Waals surface area contributed by atoms with Gasteiger partial charge in [-0.05, 0) is 27.7 Å². The molecule has 0 aliphatic heterocycles. The molecule has 4 nitrogen and oxygen atoms in total. The van der Waals surface area contributed by atoms with Crippen LogP contribution in [0.25, 0.3) is 0 Å². The van der Waals surface area contributed by atoms with E-state index in [1.807, 2.05) is 0 Å². The molecule has 0 saturated heterocycles. The molecule has 0 saturated carbocycles. The SMILES string of the molecule is CC(C)OC(CNc1c(F)c(F)c(F)c(F)c1F)(O[SiH3])OC(C)C. The molecule has 0 heterocycles. The average molecular weight is 373 g/mol. The summed E-state index contributed by atoms with van der Waals surface area (Å²) >= 11 is 0. The number of benzene rings is 1. The van der Waals surface area contributed by atoms with Gasteiger partial charge in [-0.2, -0.15) is 0 Å². The first-order valence-electron chi connectivity index (χ1n) is 7.20. The van der Waals surface area contributed by atoms with Crippen LogP contribution in [0, 0.1) is 29.1 Å². The van der Waals surface area contributed by atoms with Crippen molar-refractivity contribution in [2.45, 2.75) is 45.9 Å². The lowest BCUT2D eigenvalue weighted by Crippen LogP contribution is -2.48. The first-order chi connectivity index (χ1) is 11.0. The Morgan fingerprint density at radius 2 is 1.21 bits per heavy atom. The number of ether oxygens (including phenoxy) is 2. The molecule has 24 heavy (non-hydrogen) atoms. The Bertz CT molecular complexity index is 547. The van der Waals surface area contributed by atoms with Gasteiger partial charge >= 0.3 is 0 Å². The van der Waals surface area contributed by atoms with Crippen molar-refractivity contribution in [1.29, 1.82) is 0 Å². The number of hydrogen-bond acceptors (Lipinski definition) is 4. The van der Waals surface area contributed by atoms with Gasteiger partial charge in [0.2, 0.25) is 5.82 Å². The van der Waals surface area contributed by atoms with Gasteiger partial charge in [0.1, 0.15) is 5.69 Å². The van der Waals surface area contributed by atoms with E-state index < -0.39 is 47.3 Å². The zero-order chi connectivity index (χ0) is 18.7. The monoisotopic (exact) mass is 373 g/mol. The van der Waals surface area contributed by atoms with Crippen LogP contribution in [-0.4, -0.2) is 35.2 Å². The molecule has 0 radical (unpaired) electrons. The van der Waals surface area contributed by atoms with Gasteiger partial charge in [-0.1, -0.05) is 0 Å². The Hall–Kier alpha value is -1.23. The molecule has 0 spiro atoms. The Balaban J connectivity index is 3.15. The molecular weight excluding hydrogens is 353 g/mol. The minimum atomic E-state index is -2.22. The fourth-order valence-corrected chi connectivity index (χ4v) is 2.29. The minimum absolute atomic E-state index is 0.139. The van der Waals surface area contributed by atoms with Crippen LogP contribution in [-0.2, 0) is 13.9 Å². The normalized spacial score (nSPS) is 12.5. The van der Waals surface area contributed by atoms with E-state index in [0.717, 1.165) is 0 Å². The van der Waals surface area contributed by atoms with E-state index in [-0.39, 0.29) is 22.7 Å². The van der Waals surface area contributed by atoms with E-state index in [4.69, 9.17) is 13.9 Å². The molecule has 0 fully saturated rings. The predicted octanol–water partition coefficient (Wildman–Crippen LogP) is 2.59. The second-order valence-electron chi connectivity index (χ2n) is 5.52. The Kier molecular flexibility index (Phi) is 7.14. The molecule has 1 aromatic rings. The Labute approximate surface area is 139 Å². The van der Waals surface area contributed by atoms with E-state index in [0.29, 0.717) is 0 Å². The zero-order valence-electron chi connectivity index (χ0n) is 14.0. The summed E-state index contributed by atoms with van der Waals surface area (Å²) in [5.74, 6) is -12.0. The first kappa shape index (κ1) is 20.8. The highest BCUT2D eigenvalue weighted by Crippen LogP contribution is 2.28.